The van der Waals surface area contributed by atoms with Crippen molar-refractivity contribution in [2.45, 2.75) is 12.1 Å². The number of carbonyl (C=O) groups excluding carboxylic acids is 1. The minimum absolute atomic E-state index is 0.193. The average Bonchev–Trinajstić information content (AvgIpc) is 2.87. The lowest BCUT2D eigenvalue weighted by molar-refractivity contribution is 0.101. The molecule has 3 aromatic rings. The molecule has 0 fully saturated rings. The summed E-state index contributed by atoms with van der Waals surface area (Å²) in [5.74, 6) is 0.445. The molecule has 0 radical (unpaired) electrons. The van der Waals surface area contributed by atoms with Crippen molar-refractivity contribution in [2.24, 2.45) is 0 Å². The van der Waals surface area contributed by atoms with Crippen LogP contribution in [0.25, 0.3) is 10.8 Å². The molecule has 22 heavy (non-hydrogen) atoms. The van der Waals surface area contributed by atoms with Crippen LogP contribution in [0, 0.1) is 6.92 Å². The summed E-state index contributed by atoms with van der Waals surface area (Å²) < 4.78 is 2.56. The highest BCUT2D eigenvalue weighted by Crippen LogP contribution is 2.26. The zero-order chi connectivity index (χ0) is 15.7. The first-order valence-corrected chi connectivity index (χ1v) is 8.58. The van der Waals surface area contributed by atoms with E-state index in [1.165, 1.54) is 11.8 Å². The van der Waals surface area contributed by atoms with Gasteiger partial charge in [0.1, 0.15) is 5.82 Å². The number of nitrogens with one attached hydrogen (secondary N) is 1. The molecule has 112 valence electrons. The maximum Gasteiger partial charge on any atom is 0.270 e. The Morgan fingerprint density at radius 2 is 1.91 bits per heavy atom. The van der Waals surface area contributed by atoms with E-state index in [1.807, 2.05) is 42.7 Å². The number of hydrogen-bond donors (Lipinski definition) is 1. The monoisotopic (exact) mass is 376 g/mol. The molecule has 0 spiro atoms. The van der Waals surface area contributed by atoms with E-state index >= 15 is 0 Å². The molecule has 2 aromatic carbocycles. The molecular formula is C15H13BrN4OS. The molecule has 0 unspecified atom stereocenters. The number of aryl methyl sites for hydroxylation is 1. The van der Waals surface area contributed by atoms with Crippen molar-refractivity contribution in [3.05, 3.63) is 52.3 Å². The third-order valence-electron chi connectivity index (χ3n) is 3.30. The maximum absolute atomic E-state index is 12.6. The van der Waals surface area contributed by atoms with Crippen LogP contribution in [-0.4, -0.2) is 27.0 Å². The van der Waals surface area contributed by atoms with Crippen LogP contribution in [0.5, 0.6) is 0 Å². The first kappa shape index (κ1) is 15.1. The van der Waals surface area contributed by atoms with Gasteiger partial charge in [-0.3, -0.25) is 10.2 Å². The van der Waals surface area contributed by atoms with Crippen LogP contribution >= 0.6 is 27.7 Å². The van der Waals surface area contributed by atoms with Crippen molar-refractivity contribution >= 4 is 44.4 Å². The summed E-state index contributed by atoms with van der Waals surface area (Å²) in [4.78, 5) is 12.6. The predicted octanol–water partition coefficient (Wildman–Crippen LogP) is 3.61. The molecule has 1 N–H and O–H groups in total. The Morgan fingerprint density at radius 1 is 1.18 bits per heavy atom. The second kappa shape index (κ2) is 6.10. The highest BCUT2D eigenvalue weighted by Gasteiger charge is 2.15. The number of aromatic nitrogens is 3. The summed E-state index contributed by atoms with van der Waals surface area (Å²) in [6, 6.07) is 11.5. The second-order valence-corrected chi connectivity index (χ2v) is 6.28. The van der Waals surface area contributed by atoms with Gasteiger partial charge in [0, 0.05) is 10.0 Å². The van der Waals surface area contributed by atoms with Gasteiger partial charge in [-0.2, -0.15) is 0 Å². The van der Waals surface area contributed by atoms with Crippen LogP contribution in [-0.2, 0) is 0 Å². The number of thioether (sulfide) groups is 1. The molecule has 0 aliphatic rings. The van der Waals surface area contributed by atoms with Crippen molar-refractivity contribution in [3.63, 3.8) is 0 Å². The number of nitrogens with zero attached hydrogens (tertiary/aromatic N) is 3. The van der Waals surface area contributed by atoms with Gasteiger partial charge in [-0.15, -0.1) is 10.2 Å². The number of fused-ring (bicyclic) bond motifs is 1. The van der Waals surface area contributed by atoms with Crippen molar-refractivity contribution in [1.29, 1.82) is 0 Å². The zero-order valence-electron chi connectivity index (χ0n) is 12.0. The molecule has 0 saturated carbocycles. The van der Waals surface area contributed by atoms with Crippen LogP contribution in [0.15, 0.2) is 46.0 Å². The summed E-state index contributed by atoms with van der Waals surface area (Å²) in [6.07, 6.45) is 1.89. The molecule has 0 bridgehead atoms. The minimum atomic E-state index is -0.193. The van der Waals surface area contributed by atoms with Crippen molar-refractivity contribution in [1.82, 2.24) is 14.9 Å². The number of benzene rings is 2. The highest BCUT2D eigenvalue weighted by atomic mass is 79.9. The molecule has 7 heteroatoms. The van der Waals surface area contributed by atoms with Crippen molar-refractivity contribution in [3.8, 4) is 0 Å². The van der Waals surface area contributed by atoms with Crippen molar-refractivity contribution in [2.75, 3.05) is 11.7 Å². The van der Waals surface area contributed by atoms with Gasteiger partial charge in [-0.1, -0.05) is 52.0 Å². The average molecular weight is 377 g/mol. The third kappa shape index (κ3) is 2.62. The third-order valence-corrected chi connectivity index (χ3v) is 4.63. The van der Waals surface area contributed by atoms with E-state index in [2.05, 4.69) is 31.6 Å². The number of hydrogen-bond acceptors (Lipinski definition) is 4. The van der Waals surface area contributed by atoms with Gasteiger partial charge in [0.25, 0.3) is 5.91 Å². The summed E-state index contributed by atoms with van der Waals surface area (Å²) in [6.45, 7) is 1.80. The predicted molar refractivity (Wildman–Crippen MR) is 91.9 cm³/mol. The van der Waals surface area contributed by atoms with Gasteiger partial charge < -0.3 is 0 Å². The summed E-state index contributed by atoms with van der Waals surface area (Å²) in [7, 11) is 0. The second-order valence-electron chi connectivity index (χ2n) is 4.65. The quantitative estimate of drug-likeness (QED) is 0.709. The van der Waals surface area contributed by atoms with E-state index in [1.54, 1.807) is 11.6 Å². The van der Waals surface area contributed by atoms with Gasteiger partial charge in [0.15, 0.2) is 0 Å². The summed E-state index contributed by atoms with van der Waals surface area (Å²) >= 11 is 4.94. The number of carbonyl (C=O) groups is 1. The van der Waals surface area contributed by atoms with Crippen LogP contribution in [0.1, 0.15) is 16.2 Å². The maximum atomic E-state index is 12.6. The lowest BCUT2D eigenvalue weighted by Gasteiger charge is -2.11. The Bertz CT molecular complexity index is 862. The van der Waals surface area contributed by atoms with Crippen LogP contribution in [0.3, 0.4) is 0 Å². The topological polar surface area (TPSA) is 59.8 Å². The summed E-state index contributed by atoms with van der Waals surface area (Å²) in [5.41, 5.74) is 3.46. The Morgan fingerprint density at radius 3 is 2.68 bits per heavy atom. The first-order chi connectivity index (χ1) is 10.6. The number of amides is 1. The highest BCUT2D eigenvalue weighted by molar-refractivity contribution is 9.10. The standard InChI is InChI=1S/C15H13BrN4OS/c1-9-17-18-15(22-2)20(9)19-14(21)12-7-3-6-11-10(12)5-4-8-13(11)16/h3-8H,1-2H3,(H,19,21). The van der Waals surface area contributed by atoms with Gasteiger partial charge in [-0.05, 0) is 36.1 Å². The van der Waals surface area contributed by atoms with Gasteiger partial charge in [0.05, 0.1) is 0 Å². The smallest absolute Gasteiger partial charge is 0.267 e. The first-order valence-electron chi connectivity index (χ1n) is 6.56. The molecule has 0 aliphatic heterocycles. The SMILES string of the molecule is CSc1nnc(C)n1NC(=O)c1cccc2c(Br)cccc12. The molecular weight excluding hydrogens is 364 g/mol. The Hall–Kier alpha value is -1.86. The summed E-state index contributed by atoms with van der Waals surface area (Å²) in [5, 5.41) is 10.5. The molecule has 0 saturated heterocycles. The van der Waals surface area contributed by atoms with Gasteiger partial charge >= 0.3 is 0 Å². The van der Waals surface area contributed by atoms with Crippen LogP contribution < -0.4 is 5.43 Å². The van der Waals surface area contributed by atoms with E-state index < -0.39 is 0 Å². The number of halogens is 1. The van der Waals surface area contributed by atoms with Crippen LogP contribution in [0.4, 0.5) is 0 Å². The Labute approximate surface area is 140 Å². The molecule has 0 atom stereocenters. The lowest BCUT2D eigenvalue weighted by atomic mass is 10.0. The molecule has 1 aromatic heterocycles. The van der Waals surface area contributed by atoms with E-state index in [0.29, 0.717) is 16.5 Å². The molecule has 1 heterocycles. The van der Waals surface area contributed by atoms with Crippen molar-refractivity contribution < 1.29 is 4.79 Å². The minimum Gasteiger partial charge on any atom is -0.267 e. The fourth-order valence-electron chi connectivity index (χ4n) is 2.24. The zero-order valence-corrected chi connectivity index (χ0v) is 14.4. The molecule has 0 aliphatic carbocycles. The molecule has 5 nitrogen and oxygen atoms in total. The Kier molecular flexibility index (Phi) is 4.17. The number of rotatable bonds is 3. The molecule has 3 rings (SSSR count). The lowest BCUT2D eigenvalue weighted by Crippen LogP contribution is -2.24. The van der Waals surface area contributed by atoms with E-state index in [0.717, 1.165) is 15.2 Å². The van der Waals surface area contributed by atoms with Gasteiger partial charge in [-0.25, -0.2) is 4.68 Å². The van der Waals surface area contributed by atoms with Gasteiger partial charge in [0.2, 0.25) is 5.16 Å². The van der Waals surface area contributed by atoms with E-state index in [9.17, 15) is 4.79 Å². The Balaban J connectivity index is 2.03. The fraction of sp³-hybridized carbons (Fsp3) is 0.133. The fourth-order valence-corrected chi connectivity index (χ4v) is 3.22. The van der Waals surface area contributed by atoms with E-state index in [-0.39, 0.29) is 5.91 Å². The molecule has 1 amide bonds. The normalized spacial score (nSPS) is 10.9. The van der Waals surface area contributed by atoms with Crippen LogP contribution in [0.2, 0.25) is 0 Å². The largest absolute Gasteiger partial charge is 0.270 e. The van der Waals surface area contributed by atoms with E-state index in [4.69, 9.17) is 0 Å².